The Kier molecular flexibility index (Phi) is 5.88. The summed E-state index contributed by atoms with van der Waals surface area (Å²) in [6.45, 7) is 6.25. The lowest BCUT2D eigenvalue weighted by Crippen LogP contribution is -2.21. The highest BCUT2D eigenvalue weighted by Gasteiger charge is 2.07. The molecule has 0 unspecified atom stereocenters. The number of H-pyrrole nitrogens is 1. The second-order valence-electron chi connectivity index (χ2n) is 6.28. The Labute approximate surface area is 158 Å². The first-order valence-electron chi connectivity index (χ1n) is 9.07. The van der Waals surface area contributed by atoms with Crippen LogP contribution in [0.25, 0.3) is 17.1 Å². The van der Waals surface area contributed by atoms with Gasteiger partial charge in [-0.15, -0.1) is 0 Å². The van der Waals surface area contributed by atoms with Crippen molar-refractivity contribution in [3.63, 3.8) is 0 Å². The molecule has 3 N–H and O–H groups in total. The van der Waals surface area contributed by atoms with E-state index in [4.69, 9.17) is 10.2 Å². The van der Waals surface area contributed by atoms with Crippen LogP contribution in [0.3, 0.4) is 0 Å². The summed E-state index contributed by atoms with van der Waals surface area (Å²) in [4.78, 5) is 21.4. The van der Waals surface area contributed by atoms with Gasteiger partial charge >= 0.3 is 0 Å². The van der Waals surface area contributed by atoms with E-state index in [-0.39, 0.29) is 0 Å². The number of amides is 1. The normalized spacial score (nSPS) is 11.2. The van der Waals surface area contributed by atoms with Crippen molar-refractivity contribution in [3.05, 3.63) is 65.5 Å². The Balaban J connectivity index is 1.74. The number of hydrogen-bond acceptors (Lipinski definition) is 4. The summed E-state index contributed by atoms with van der Waals surface area (Å²) in [5, 5.41) is 8.49. The number of hydrogen-bond donors (Lipinski definition) is 3. The molecule has 0 saturated carbocycles. The van der Waals surface area contributed by atoms with Crippen molar-refractivity contribution in [2.45, 2.75) is 20.3 Å². The number of imidazole rings is 1. The molecule has 2 aromatic carbocycles. The number of nitrogens with zero attached hydrogens (tertiary/aromatic N) is 2. The standard InChI is InChI=1S/C21H24N4O2/c1-3-25(4-2)17-10-11-18-19(14-17)23-20(22-18)13-16-7-5-15(6-8-16)9-12-21(26)24-27/h5-12,14,27H,3-4,13H2,1-2H3,(H,22,23)(H,24,26)/b12-9+. The summed E-state index contributed by atoms with van der Waals surface area (Å²) in [6.07, 6.45) is 3.63. The van der Waals surface area contributed by atoms with Gasteiger partial charge in [0.2, 0.25) is 0 Å². The number of hydroxylamine groups is 1. The minimum atomic E-state index is -0.551. The molecule has 0 bridgehead atoms. The molecule has 3 rings (SSSR count). The van der Waals surface area contributed by atoms with E-state index >= 15 is 0 Å². The summed E-state index contributed by atoms with van der Waals surface area (Å²) >= 11 is 0. The highest BCUT2D eigenvalue weighted by atomic mass is 16.5. The Hall–Kier alpha value is -3.12. The van der Waals surface area contributed by atoms with E-state index in [0.717, 1.165) is 41.1 Å². The van der Waals surface area contributed by atoms with E-state index in [1.807, 2.05) is 24.3 Å². The maximum Gasteiger partial charge on any atom is 0.267 e. The van der Waals surface area contributed by atoms with Gasteiger partial charge < -0.3 is 9.88 Å². The van der Waals surface area contributed by atoms with Crippen molar-refractivity contribution in [2.24, 2.45) is 0 Å². The number of carbonyl (C=O) groups excluding carboxylic acids is 1. The van der Waals surface area contributed by atoms with E-state index in [1.54, 1.807) is 11.6 Å². The molecular weight excluding hydrogens is 340 g/mol. The summed E-state index contributed by atoms with van der Waals surface area (Å²) in [5.41, 5.74) is 6.78. The third kappa shape index (κ3) is 4.54. The minimum Gasteiger partial charge on any atom is -0.372 e. The van der Waals surface area contributed by atoms with Crippen LogP contribution in [0.1, 0.15) is 30.8 Å². The number of nitrogens with one attached hydrogen (secondary N) is 2. The second kappa shape index (κ2) is 8.51. The van der Waals surface area contributed by atoms with Crippen LogP contribution in [-0.2, 0) is 11.2 Å². The molecule has 0 aliphatic carbocycles. The fourth-order valence-electron chi connectivity index (χ4n) is 3.07. The zero-order valence-corrected chi connectivity index (χ0v) is 15.6. The second-order valence-corrected chi connectivity index (χ2v) is 6.28. The lowest BCUT2D eigenvalue weighted by atomic mass is 10.1. The van der Waals surface area contributed by atoms with Crippen LogP contribution in [0.4, 0.5) is 5.69 Å². The zero-order chi connectivity index (χ0) is 19.2. The molecule has 0 fully saturated rings. The molecule has 27 heavy (non-hydrogen) atoms. The molecule has 0 radical (unpaired) electrons. The number of fused-ring (bicyclic) bond motifs is 1. The predicted molar refractivity (Wildman–Crippen MR) is 108 cm³/mol. The molecule has 0 atom stereocenters. The van der Waals surface area contributed by atoms with E-state index in [0.29, 0.717) is 6.42 Å². The number of aromatic amines is 1. The molecule has 0 aliphatic heterocycles. The molecule has 1 amide bonds. The largest absolute Gasteiger partial charge is 0.372 e. The van der Waals surface area contributed by atoms with Gasteiger partial charge in [-0.3, -0.25) is 10.0 Å². The Morgan fingerprint density at radius 2 is 1.93 bits per heavy atom. The Bertz CT molecular complexity index is 940. The highest BCUT2D eigenvalue weighted by molar-refractivity contribution is 5.90. The van der Waals surface area contributed by atoms with Crippen molar-refractivity contribution < 1.29 is 10.0 Å². The van der Waals surface area contributed by atoms with Gasteiger partial charge in [-0.05, 0) is 49.2 Å². The van der Waals surface area contributed by atoms with Crippen LogP contribution in [0, 0.1) is 0 Å². The molecule has 1 aromatic heterocycles. The molecule has 6 nitrogen and oxygen atoms in total. The zero-order valence-electron chi connectivity index (χ0n) is 15.6. The lowest BCUT2D eigenvalue weighted by molar-refractivity contribution is -0.124. The lowest BCUT2D eigenvalue weighted by Gasteiger charge is -2.20. The van der Waals surface area contributed by atoms with E-state index in [2.05, 4.69) is 41.9 Å². The quantitative estimate of drug-likeness (QED) is 0.340. The van der Waals surface area contributed by atoms with Gasteiger partial charge in [0.15, 0.2) is 0 Å². The first kappa shape index (κ1) is 18.7. The van der Waals surface area contributed by atoms with Gasteiger partial charge in [-0.1, -0.05) is 24.3 Å². The van der Waals surface area contributed by atoms with Crippen LogP contribution in [0.5, 0.6) is 0 Å². The number of carbonyl (C=O) groups is 1. The van der Waals surface area contributed by atoms with E-state index in [1.165, 1.54) is 11.8 Å². The van der Waals surface area contributed by atoms with Crippen molar-refractivity contribution in [3.8, 4) is 0 Å². The third-order valence-electron chi connectivity index (χ3n) is 4.53. The molecule has 140 valence electrons. The fourth-order valence-corrected chi connectivity index (χ4v) is 3.07. The van der Waals surface area contributed by atoms with E-state index in [9.17, 15) is 4.79 Å². The van der Waals surface area contributed by atoms with Crippen LogP contribution >= 0.6 is 0 Å². The molecule has 0 spiro atoms. The van der Waals surface area contributed by atoms with Gasteiger partial charge in [0.25, 0.3) is 5.91 Å². The van der Waals surface area contributed by atoms with Crippen molar-refractivity contribution in [1.82, 2.24) is 15.4 Å². The molecular formula is C21H24N4O2. The number of anilines is 1. The third-order valence-corrected chi connectivity index (χ3v) is 4.53. The molecule has 0 saturated heterocycles. The summed E-state index contributed by atoms with van der Waals surface area (Å²) in [7, 11) is 0. The SMILES string of the molecule is CCN(CC)c1ccc2[nH]c(Cc3ccc(/C=C/C(=O)NO)cc3)nc2c1. The van der Waals surface area contributed by atoms with Crippen LogP contribution in [0.15, 0.2) is 48.5 Å². The highest BCUT2D eigenvalue weighted by Crippen LogP contribution is 2.21. The number of aromatic nitrogens is 2. The maximum absolute atomic E-state index is 11.0. The number of rotatable bonds is 7. The number of benzene rings is 2. The fraction of sp³-hybridized carbons (Fsp3) is 0.238. The first-order chi connectivity index (χ1) is 13.1. The van der Waals surface area contributed by atoms with E-state index < -0.39 is 5.91 Å². The van der Waals surface area contributed by atoms with Gasteiger partial charge in [-0.2, -0.15) is 0 Å². The van der Waals surface area contributed by atoms with Gasteiger partial charge in [-0.25, -0.2) is 10.5 Å². The Morgan fingerprint density at radius 1 is 1.19 bits per heavy atom. The van der Waals surface area contributed by atoms with Gasteiger partial charge in [0.05, 0.1) is 11.0 Å². The molecule has 6 heteroatoms. The Morgan fingerprint density at radius 3 is 2.59 bits per heavy atom. The smallest absolute Gasteiger partial charge is 0.267 e. The topological polar surface area (TPSA) is 81.2 Å². The monoisotopic (exact) mass is 364 g/mol. The minimum absolute atomic E-state index is 0.551. The van der Waals surface area contributed by atoms with Crippen LogP contribution in [-0.4, -0.2) is 34.2 Å². The van der Waals surface area contributed by atoms with Crippen molar-refractivity contribution >= 4 is 28.7 Å². The first-order valence-corrected chi connectivity index (χ1v) is 9.07. The van der Waals surface area contributed by atoms with Gasteiger partial charge in [0.1, 0.15) is 5.82 Å². The predicted octanol–water partition coefficient (Wildman–Crippen LogP) is 3.52. The van der Waals surface area contributed by atoms with Gasteiger partial charge in [0, 0.05) is 31.3 Å². The molecule has 3 aromatic rings. The van der Waals surface area contributed by atoms with Crippen LogP contribution in [0.2, 0.25) is 0 Å². The van der Waals surface area contributed by atoms with Crippen molar-refractivity contribution in [2.75, 3.05) is 18.0 Å². The summed E-state index contributed by atoms with van der Waals surface area (Å²) in [6, 6.07) is 14.2. The molecule has 1 heterocycles. The summed E-state index contributed by atoms with van der Waals surface area (Å²) < 4.78 is 0. The van der Waals surface area contributed by atoms with Crippen LogP contribution < -0.4 is 10.4 Å². The average molecular weight is 364 g/mol. The average Bonchev–Trinajstić information content (AvgIpc) is 3.09. The molecule has 0 aliphatic rings. The maximum atomic E-state index is 11.0. The van der Waals surface area contributed by atoms with Crippen molar-refractivity contribution in [1.29, 1.82) is 0 Å². The summed E-state index contributed by atoms with van der Waals surface area (Å²) in [5.74, 6) is 0.370.